The second-order valence-corrected chi connectivity index (χ2v) is 6.32. The number of rotatable bonds is 8. The molecule has 0 unspecified atom stereocenters. The molecule has 0 saturated carbocycles. The van der Waals surface area contributed by atoms with E-state index in [1.807, 2.05) is 25.1 Å². The Bertz CT molecular complexity index is 438. The zero-order valence-corrected chi connectivity index (χ0v) is 13.8. The lowest BCUT2D eigenvalue weighted by atomic mass is 10.2. The molecule has 0 aliphatic carbocycles. The standard InChI is InChI=1S/C15H22ClNO2S/c1-4-19-15(18)10-20-14-7-13(16)6-5-12(14)9-17-8-11(2)3/h5-7,11,17H,4,8-10H2,1-3H3. The topological polar surface area (TPSA) is 38.3 Å². The molecule has 0 bridgehead atoms. The third-order valence-corrected chi connectivity index (χ3v) is 3.85. The number of hydrogen-bond acceptors (Lipinski definition) is 4. The van der Waals surface area contributed by atoms with E-state index in [1.54, 1.807) is 0 Å². The van der Waals surface area contributed by atoms with E-state index in [2.05, 4.69) is 19.2 Å². The molecule has 1 rings (SSSR count). The molecule has 1 aromatic carbocycles. The van der Waals surface area contributed by atoms with Crippen LogP contribution in [0.25, 0.3) is 0 Å². The van der Waals surface area contributed by atoms with E-state index >= 15 is 0 Å². The molecular formula is C15H22ClNO2S. The Labute approximate surface area is 130 Å². The van der Waals surface area contributed by atoms with Crippen molar-refractivity contribution in [2.45, 2.75) is 32.2 Å². The molecule has 0 fully saturated rings. The minimum Gasteiger partial charge on any atom is -0.465 e. The molecular weight excluding hydrogens is 294 g/mol. The van der Waals surface area contributed by atoms with Gasteiger partial charge in [0.15, 0.2) is 0 Å². The highest BCUT2D eigenvalue weighted by molar-refractivity contribution is 8.00. The van der Waals surface area contributed by atoms with Crippen molar-refractivity contribution >= 4 is 29.3 Å². The lowest BCUT2D eigenvalue weighted by Gasteiger charge is -2.12. The highest BCUT2D eigenvalue weighted by Crippen LogP contribution is 2.26. The van der Waals surface area contributed by atoms with Crippen LogP contribution < -0.4 is 5.32 Å². The molecule has 0 aromatic heterocycles. The Morgan fingerprint density at radius 2 is 2.20 bits per heavy atom. The van der Waals surface area contributed by atoms with Crippen LogP contribution in [0.2, 0.25) is 5.02 Å². The molecule has 1 N–H and O–H groups in total. The maximum absolute atomic E-state index is 11.4. The van der Waals surface area contributed by atoms with Crippen LogP contribution >= 0.6 is 23.4 Å². The number of nitrogens with one attached hydrogen (secondary N) is 1. The molecule has 5 heteroatoms. The molecule has 3 nitrogen and oxygen atoms in total. The van der Waals surface area contributed by atoms with Crippen LogP contribution in [0.5, 0.6) is 0 Å². The number of benzene rings is 1. The molecule has 0 atom stereocenters. The number of esters is 1. The maximum Gasteiger partial charge on any atom is 0.316 e. The third-order valence-electron chi connectivity index (χ3n) is 2.55. The molecule has 0 spiro atoms. The summed E-state index contributed by atoms with van der Waals surface area (Å²) in [5.74, 6) is 0.724. The van der Waals surface area contributed by atoms with Crippen molar-refractivity contribution < 1.29 is 9.53 Å². The summed E-state index contributed by atoms with van der Waals surface area (Å²) in [6, 6.07) is 5.78. The predicted octanol–water partition coefficient (Wildman–Crippen LogP) is 3.74. The first-order chi connectivity index (χ1) is 9.52. The fourth-order valence-corrected chi connectivity index (χ4v) is 2.77. The summed E-state index contributed by atoms with van der Waals surface area (Å²) in [5, 5.41) is 4.09. The van der Waals surface area contributed by atoms with E-state index in [0.717, 1.165) is 23.5 Å². The van der Waals surface area contributed by atoms with Gasteiger partial charge in [0.25, 0.3) is 0 Å². The van der Waals surface area contributed by atoms with Gasteiger partial charge < -0.3 is 10.1 Å². The Morgan fingerprint density at radius 1 is 1.45 bits per heavy atom. The van der Waals surface area contributed by atoms with Gasteiger partial charge in [-0.2, -0.15) is 0 Å². The molecule has 0 heterocycles. The summed E-state index contributed by atoms with van der Waals surface area (Å²) in [6.07, 6.45) is 0. The zero-order chi connectivity index (χ0) is 15.0. The van der Waals surface area contributed by atoms with Crippen molar-refractivity contribution in [3.63, 3.8) is 0 Å². The van der Waals surface area contributed by atoms with Gasteiger partial charge in [-0.25, -0.2) is 0 Å². The van der Waals surface area contributed by atoms with E-state index in [4.69, 9.17) is 16.3 Å². The van der Waals surface area contributed by atoms with Crippen molar-refractivity contribution in [1.29, 1.82) is 0 Å². The minimum atomic E-state index is -0.196. The van der Waals surface area contributed by atoms with Gasteiger partial charge in [0, 0.05) is 16.5 Å². The van der Waals surface area contributed by atoms with Crippen molar-refractivity contribution in [1.82, 2.24) is 5.32 Å². The monoisotopic (exact) mass is 315 g/mol. The van der Waals surface area contributed by atoms with Gasteiger partial charge in [0.1, 0.15) is 0 Å². The average molecular weight is 316 g/mol. The predicted molar refractivity (Wildman–Crippen MR) is 85.4 cm³/mol. The lowest BCUT2D eigenvalue weighted by molar-refractivity contribution is -0.139. The van der Waals surface area contributed by atoms with Crippen LogP contribution in [0.1, 0.15) is 26.3 Å². The zero-order valence-electron chi connectivity index (χ0n) is 12.2. The van der Waals surface area contributed by atoms with Gasteiger partial charge >= 0.3 is 5.97 Å². The largest absolute Gasteiger partial charge is 0.465 e. The summed E-state index contributed by atoms with van der Waals surface area (Å²) in [5.41, 5.74) is 1.16. The maximum atomic E-state index is 11.4. The normalized spacial score (nSPS) is 10.8. The van der Waals surface area contributed by atoms with Crippen LogP contribution in [-0.2, 0) is 16.1 Å². The SMILES string of the molecule is CCOC(=O)CSc1cc(Cl)ccc1CNCC(C)C. The Kier molecular flexibility index (Phi) is 8.04. The molecule has 0 aliphatic rings. The summed E-state index contributed by atoms with van der Waals surface area (Å²) >= 11 is 7.50. The first-order valence-corrected chi connectivity index (χ1v) is 8.16. The summed E-state index contributed by atoms with van der Waals surface area (Å²) in [6.45, 7) is 8.31. The van der Waals surface area contributed by atoms with Crippen LogP contribution in [0.3, 0.4) is 0 Å². The van der Waals surface area contributed by atoms with Crippen molar-refractivity contribution in [3.8, 4) is 0 Å². The number of halogens is 1. The van der Waals surface area contributed by atoms with Crippen molar-refractivity contribution in [2.24, 2.45) is 5.92 Å². The fraction of sp³-hybridized carbons (Fsp3) is 0.533. The van der Waals surface area contributed by atoms with Gasteiger partial charge in [-0.3, -0.25) is 4.79 Å². The van der Waals surface area contributed by atoms with E-state index in [1.165, 1.54) is 11.8 Å². The summed E-state index contributed by atoms with van der Waals surface area (Å²) < 4.78 is 4.94. The number of carbonyl (C=O) groups is 1. The molecule has 0 radical (unpaired) electrons. The first-order valence-electron chi connectivity index (χ1n) is 6.80. The van der Waals surface area contributed by atoms with Crippen molar-refractivity contribution in [3.05, 3.63) is 28.8 Å². The van der Waals surface area contributed by atoms with Crippen LogP contribution in [0, 0.1) is 5.92 Å². The Balaban J connectivity index is 2.62. The second kappa shape index (κ2) is 9.27. The third kappa shape index (κ3) is 6.64. The van der Waals surface area contributed by atoms with Gasteiger partial charge in [-0.15, -0.1) is 11.8 Å². The molecule has 0 saturated heterocycles. The minimum absolute atomic E-state index is 0.196. The second-order valence-electron chi connectivity index (χ2n) is 4.87. The van der Waals surface area contributed by atoms with E-state index in [0.29, 0.717) is 23.3 Å². The molecule has 1 aromatic rings. The summed E-state index contributed by atoms with van der Waals surface area (Å²) in [7, 11) is 0. The fourth-order valence-electron chi connectivity index (χ4n) is 1.64. The van der Waals surface area contributed by atoms with Crippen molar-refractivity contribution in [2.75, 3.05) is 18.9 Å². The van der Waals surface area contributed by atoms with E-state index in [9.17, 15) is 4.79 Å². The van der Waals surface area contributed by atoms with Gasteiger partial charge in [0.2, 0.25) is 0 Å². The molecule has 0 aliphatic heterocycles. The summed E-state index contributed by atoms with van der Waals surface area (Å²) in [4.78, 5) is 12.5. The average Bonchev–Trinajstić information content (AvgIpc) is 2.38. The Morgan fingerprint density at radius 3 is 2.85 bits per heavy atom. The molecule has 20 heavy (non-hydrogen) atoms. The van der Waals surface area contributed by atoms with E-state index in [-0.39, 0.29) is 5.97 Å². The van der Waals surface area contributed by atoms with Crippen LogP contribution in [-0.4, -0.2) is 24.9 Å². The van der Waals surface area contributed by atoms with Gasteiger partial charge in [-0.1, -0.05) is 31.5 Å². The number of carbonyl (C=O) groups excluding carboxylic acids is 1. The van der Waals surface area contributed by atoms with Crippen LogP contribution in [0.4, 0.5) is 0 Å². The van der Waals surface area contributed by atoms with Gasteiger partial charge in [-0.05, 0) is 37.1 Å². The van der Waals surface area contributed by atoms with Gasteiger partial charge in [0.05, 0.1) is 12.4 Å². The highest BCUT2D eigenvalue weighted by Gasteiger charge is 2.08. The Hall–Kier alpha value is -0.710. The molecule has 0 amide bonds. The quantitative estimate of drug-likeness (QED) is 0.586. The first kappa shape index (κ1) is 17.3. The number of thioether (sulfide) groups is 1. The highest BCUT2D eigenvalue weighted by atomic mass is 35.5. The van der Waals surface area contributed by atoms with E-state index < -0.39 is 0 Å². The van der Waals surface area contributed by atoms with Crippen LogP contribution in [0.15, 0.2) is 23.1 Å². The number of hydrogen-bond donors (Lipinski definition) is 1. The number of ether oxygens (including phenoxy) is 1. The lowest BCUT2D eigenvalue weighted by Crippen LogP contribution is -2.19. The smallest absolute Gasteiger partial charge is 0.316 e. The molecule has 112 valence electrons.